The standard InChI is InChI=1S/C17H30N2/c1-6-14(5)19(8-3)17(16(18)7-2)15-11-9-13(4)10-12-15/h9-12,14,16-17H,6-8,18H2,1-5H3. The molecule has 108 valence electrons. The van der Waals surface area contributed by atoms with Gasteiger partial charge in [-0.05, 0) is 38.8 Å². The molecule has 2 N–H and O–H groups in total. The van der Waals surface area contributed by atoms with E-state index in [1.165, 1.54) is 11.1 Å². The smallest absolute Gasteiger partial charge is 0.0501 e. The Balaban J connectivity index is 3.09. The second-order valence-corrected chi connectivity index (χ2v) is 5.52. The molecule has 0 aliphatic rings. The second-order valence-electron chi connectivity index (χ2n) is 5.52. The van der Waals surface area contributed by atoms with Crippen LogP contribution in [0.15, 0.2) is 24.3 Å². The van der Waals surface area contributed by atoms with Crippen LogP contribution in [0.4, 0.5) is 0 Å². The molecule has 2 heteroatoms. The minimum absolute atomic E-state index is 0.191. The van der Waals surface area contributed by atoms with Gasteiger partial charge in [-0.2, -0.15) is 0 Å². The van der Waals surface area contributed by atoms with Crippen LogP contribution in [0.3, 0.4) is 0 Å². The number of hydrogen-bond donors (Lipinski definition) is 1. The molecule has 0 amide bonds. The normalized spacial score (nSPS) is 16.4. The van der Waals surface area contributed by atoms with Crippen molar-refractivity contribution in [2.24, 2.45) is 5.73 Å². The van der Waals surface area contributed by atoms with Gasteiger partial charge in [-0.1, -0.05) is 50.6 Å². The van der Waals surface area contributed by atoms with E-state index >= 15 is 0 Å². The summed E-state index contributed by atoms with van der Waals surface area (Å²) < 4.78 is 0. The fourth-order valence-electron chi connectivity index (χ4n) is 2.69. The lowest BCUT2D eigenvalue weighted by Gasteiger charge is -2.39. The van der Waals surface area contributed by atoms with Crippen molar-refractivity contribution in [3.8, 4) is 0 Å². The Kier molecular flexibility index (Phi) is 6.53. The van der Waals surface area contributed by atoms with Crippen LogP contribution in [0.1, 0.15) is 57.7 Å². The van der Waals surface area contributed by atoms with Gasteiger partial charge >= 0.3 is 0 Å². The molecule has 1 aromatic rings. The Morgan fingerprint density at radius 3 is 2.05 bits per heavy atom. The molecule has 0 aromatic heterocycles. The van der Waals surface area contributed by atoms with Gasteiger partial charge in [0.05, 0.1) is 6.04 Å². The number of nitrogens with two attached hydrogens (primary N) is 1. The number of likely N-dealkylation sites (N-methyl/N-ethyl adjacent to an activating group) is 1. The summed E-state index contributed by atoms with van der Waals surface area (Å²) in [5.74, 6) is 0. The minimum Gasteiger partial charge on any atom is -0.326 e. The molecule has 0 saturated heterocycles. The summed E-state index contributed by atoms with van der Waals surface area (Å²) in [7, 11) is 0. The van der Waals surface area contributed by atoms with Gasteiger partial charge in [-0.25, -0.2) is 0 Å². The van der Waals surface area contributed by atoms with Crippen molar-refractivity contribution in [2.75, 3.05) is 6.54 Å². The molecule has 19 heavy (non-hydrogen) atoms. The third-order valence-electron chi connectivity index (χ3n) is 4.18. The predicted octanol–water partition coefficient (Wildman–Crippen LogP) is 3.89. The molecule has 2 nitrogen and oxygen atoms in total. The lowest BCUT2D eigenvalue weighted by molar-refractivity contribution is 0.125. The first-order valence-electron chi connectivity index (χ1n) is 7.62. The average Bonchev–Trinajstić information content (AvgIpc) is 2.44. The maximum Gasteiger partial charge on any atom is 0.0501 e. The number of rotatable bonds is 7. The molecular weight excluding hydrogens is 232 g/mol. The van der Waals surface area contributed by atoms with Crippen molar-refractivity contribution in [3.05, 3.63) is 35.4 Å². The van der Waals surface area contributed by atoms with E-state index in [0.29, 0.717) is 12.1 Å². The van der Waals surface area contributed by atoms with E-state index < -0.39 is 0 Å². The van der Waals surface area contributed by atoms with Gasteiger partial charge in [0.1, 0.15) is 0 Å². The highest BCUT2D eigenvalue weighted by Crippen LogP contribution is 2.28. The Bertz CT molecular complexity index is 358. The maximum atomic E-state index is 6.41. The van der Waals surface area contributed by atoms with Gasteiger partial charge in [0.2, 0.25) is 0 Å². The van der Waals surface area contributed by atoms with Gasteiger partial charge in [-0.3, -0.25) is 4.90 Å². The molecule has 0 fully saturated rings. The van der Waals surface area contributed by atoms with Gasteiger partial charge in [0.15, 0.2) is 0 Å². The molecule has 0 aliphatic carbocycles. The molecule has 0 aliphatic heterocycles. The highest BCUT2D eigenvalue weighted by atomic mass is 15.2. The van der Waals surface area contributed by atoms with Crippen LogP contribution < -0.4 is 5.73 Å². The fourth-order valence-corrected chi connectivity index (χ4v) is 2.69. The van der Waals surface area contributed by atoms with Gasteiger partial charge in [0.25, 0.3) is 0 Å². The van der Waals surface area contributed by atoms with Crippen molar-refractivity contribution in [1.82, 2.24) is 4.90 Å². The first-order valence-corrected chi connectivity index (χ1v) is 7.62. The van der Waals surface area contributed by atoms with E-state index in [9.17, 15) is 0 Å². The molecule has 1 rings (SSSR count). The highest BCUT2D eigenvalue weighted by molar-refractivity contribution is 5.25. The first kappa shape index (κ1) is 16.2. The summed E-state index contributed by atoms with van der Waals surface area (Å²) in [6.07, 6.45) is 2.16. The third-order valence-corrected chi connectivity index (χ3v) is 4.18. The minimum atomic E-state index is 0.191. The Morgan fingerprint density at radius 1 is 1.05 bits per heavy atom. The van der Waals surface area contributed by atoms with Crippen LogP contribution >= 0.6 is 0 Å². The molecule has 0 heterocycles. The van der Waals surface area contributed by atoms with Gasteiger partial charge in [0, 0.05) is 12.1 Å². The summed E-state index contributed by atoms with van der Waals surface area (Å²) in [4.78, 5) is 2.54. The van der Waals surface area contributed by atoms with Crippen LogP contribution in [0.25, 0.3) is 0 Å². The molecule has 0 spiro atoms. The van der Waals surface area contributed by atoms with E-state index in [4.69, 9.17) is 5.73 Å². The Labute approximate surface area is 119 Å². The Morgan fingerprint density at radius 2 is 1.63 bits per heavy atom. The summed E-state index contributed by atoms with van der Waals surface area (Å²) in [6, 6.07) is 9.93. The van der Waals surface area contributed by atoms with Crippen LogP contribution in [0, 0.1) is 6.92 Å². The molecular formula is C17H30N2. The fraction of sp³-hybridized carbons (Fsp3) is 0.647. The second kappa shape index (κ2) is 7.66. The zero-order valence-electron chi connectivity index (χ0n) is 13.2. The van der Waals surface area contributed by atoms with Gasteiger partial charge in [-0.15, -0.1) is 0 Å². The van der Waals surface area contributed by atoms with Crippen LogP contribution in [0.5, 0.6) is 0 Å². The SMILES string of the molecule is CCC(N)C(c1ccc(C)cc1)N(CC)C(C)CC. The summed E-state index contributed by atoms with van der Waals surface area (Å²) in [5, 5.41) is 0. The van der Waals surface area contributed by atoms with Crippen LogP contribution in [-0.4, -0.2) is 23.5 Å². The maximum absolute atomic E-state index is 6.41. The zero-order chi connectivity index (χ0) is 14.4. The average molecular weight is 262 g/mol. The predicted molar refractivity (Wildman–Crippen MR) is 84.3 cm³/mol. The van der Waals surface area contributed by atoms with Crippen LogP contribution in [-0.2, 0) is 0 Å². The number of nitrogens with zero attached hydrogens (tertiary/aromatic N) is 1. The van der Waals surface area contributed by atoms with E-state index in [1.807, 2.05) is 0 Å². The quantitative estimate of drug-likeness (QED) is 0.807. The van der Waals surface area contributed by atoms with Crippen LogP contribution in [0.2, 0.25) is 0 Å². The zero-order valence-corrected chi connectivity index (χ0v) is 13.2. The van der Waals surface area contributed by atoms with Gasteiger partial charge < -0.3 is 5.73 Å². The molecule has 3 unspecified atom stereocenters. The third kappa shape index (κ3) is 4.05. The number of hydrogen-bond acceptors (Lipinski definition) is 2. The van der Waals surface area contributed by atoms with Crippen molar-refractivity contribution >= 4 is 0 Å². The van der Waals surface area contributed by atoms with Crippen molar-refractivity contribution in [2.45, 2.75) is 65.6 Å². The van der Waals surface area contributed by atoms with Crippen molar-refractivity contribution in [3.63, 3.8) is 0 Å². The first-order chi connectivity index (χ1) is 9.04. The summed E-state index contributed by atoms with van der Waals surface area (Å²) in [5.41, 5.74) is 9.07. The number of aryl methyl sites for hydroxylation is 1. The van der Waals surface area contributed by atoms with E-state index in [0.717, 1.165) is 19.4 Å². The van der Waals surface area contributed by atoms with E-state index in [-0.39, 0.29) is 6.04 Å². The lowest BCUT2D eigenvalue weighted by atomic mass is 9.94. The monoisotopic (exact) mass is 262 g/mol. The molecule has 0 bridgehead atoms. The topological polar surface area (TPSA) is 29.3 Å². The largest absolute Gasteiger partial charge is 0.326 e. The number of benzene rings is 1. The highest BCUT2D eigenvalue weighted by Gasteiger charge is 2.27. The summed E-state index contributed by atoms with van der Waals surface area (Å²) >= 11 is 0. The van der Waals surface area contributed by atoms with E-state index in [1.54, 1.807) is 0 Å². The van der Waals surface area contributed by atoms with Crippen molar-refractivity contribution in [1.29, 1.82) is 0 Å². The molecule has 0 radical (unpaired) electrons. The lowest BCUT2D eigenvalue weighted by Crippen LogP contribution is -2.44. The Hall–Kier alpha value is -0.860. The molecule has 1 aromatic carbocycles. The van der Waals surface area contributed by atoms with Crippen molar-refractivity contribution < 1.29 is 0 Å². The van der Waals surface area contributed by atoms with E-state index in [2.05, 4.69) is 63.8 Å². The molecule has 0 saturated carbocycles. The molecule has 3 atom stereocenters. The summed E-state index contributed by atoms with van der Waals surface area (Å²) in [6.45, 7) is 12.1.